The number of aliphatic hydroxyl groups excluding tert-OH is 1. The SMILES string of the molecule is Cc1coc2ccc(S(=O)(=O)N(CC(C)C)C[C@@H](O)[C@H](Cc3ccccc3)NC(=O)OC3CO[C@H]4OCC[C@@H]34)cc12. The van der Waals surface area contributed by atoms with E-state index >= 15 is 0 Å². The van der Waals surface area contributed by atoms with E-state index in [9.17, 15) is 18.3 Å². The summed E-state index contributed by atoms with van der Waals surface area (Å²) in [7, 11) is -3.98. The highest BCUT2D eigenvalue weighted by molar-refractivity contribution is 7.89. The second-order valence-corrected chi connectivity index (χ2v) is 13.2. The van der Waals surface area contributed by atoms with Crippen LogP contribution in [0.2, 0.25) is 0 Å². The van der Waals surface area contributed by atoms with Crippen molar-refractivity contribution < 1.29 is 36.9 Å². The Kier molecular flexibility index (Phi) is 9.00. The van der Waals surface area contributed by atoms with Crippen LogP contribution < -0.4 is 5.32 Å². The van der Waals surface area contributed by atoms with Crippen molar-refractivity contribution in [3.05, 3.63) is 65.9 Å². The van der Waals surface area contributed by atoms with Gasteiger partial charge >= 0.3 is 6.09 Å². The molecular formula is C30H38N2O8S. The van der Waals surface area contributed by atoms with Gasteiger partial charge in [-0.2, -0.15) is 4.31 Å². The molecule has 5 atom stereocenters. The zero-order valence-corrected chi connectivity index (χ0v) is 24.4. The number of carbonyl (C=O) groups is 1. The van der Waals surface area contributed by atoms with Gasteiger partial charge in [0.05, 0.1) is 42.4 Å². The van der Waals surface area contributed by atoms with Gasteiger partial charge in [-0.3, -0.25) is 0 Å². The number of ether oxygens (including phenoxy) is 3. The quantitative estimate of drug-likeness (QED) is 0.347. The first-order chi connectivity index (χ1) is 19.6. The first-order valence-corrected chi connectivity index (χ1v) is 15.5. The Balaban J connectivity index is 1.35. The summed E-state index contributed by atoms with van der Waals surface area (Å²) in [6.07, 6.45) is -0.112. The highest BCUT2D eigenvalue weighted by Gasteiger charge is 2.44. The van der Waals surface area contributed by atoms with Gasteiger partial charge in [0.25, 0.3) is 0 Å². The van der Waals surface area contributed by atoms with Crippen LogP contribution >= 0.6 is 0 Å². The summed E-state index contributed by atoms with van der Waals surface area (Å²) in [4.78, 5) is 13.1. The topological polar surface area (TPSA) is 128 Å². The van der Waals surface area contributed by atoms with Crippen molar-refractivity contribution in [1.29, 1.82) is 0 Å². The van der Waals surface area contributed by atoms with E-state index < -0.39 is 34.4 Å². The van der Waals surface area contributed by atoms with Gasteiger partial charge in [-0.05, 0) is 55.0 Å². The number of aliphatic hydroxyl groups is 1. The molecule has 0 saturated carbocycles. The Labute approximate surface area is 240 Å². The zero-order valence-electron chi connectivity index (χ0n) is 23.6. The molecule has 10 nitrogen and oxygen atoms in total. The van der Waals surface area contributed by atoms with Crippen LogP contribution in [0.25, 0.3) is 11.0 Å². The minimum Gasteiger partial charge on any atom is -0.464 e. The lowest BCUT2D eigenvalue weighted by Crippen LogP contribution is -2.51. The molecule has 0 radical (unpaired) electrons. The number of hydrogen-bond acceptors (Lipinski definition) is 8. The van der Waals surface area contributed by atoms with Crippen LogP contribution in [-0.4, -0.2) is 74.8 Å². The van der Waals surface area contributed by atoms with Gasteiger partial charge in [-0.15, -0.1) is 0 Å². The minimum atomic E-state index is -3.98. The molecule has 222 valence electrons. The number of carbonyl (C=O) groups excluding carboxylic acids is 1. The van der Waals surface area contributed by atoms with Gasteiger partial charge in [-0.25, -0.2) is 13.2 Å². The van der Waals surface area contributed by atoms with Gasteiger partial charge in [-0.1, -0.05) is 44.2 Å². The molecule has 2 N–H and O–H groups in total. The lowest BCUT2D eigenvalue weighted by atomic mass is 10.0. The molecule has 3 heterocycles. The van der Waals surface area contributed by atoms with Crippen LogP contribution in [0, 0.1) is 18.8 Å². The predicted molar refractivity (Wildman–Crippen MR) is 152 cm³/mol. The first-order valence-electron chi connectivity index (χ1n) is 14.0. The number of rotatable bonds is 11. The molecule has 2 aromatic carbocycles. The fourth-order valence-electron chi connectivity index (χ4n) is 5.48. The Bertz CT molecular complexity index is 1440. The molecular weight excluding hydrogens is 548 g/mol. The number of fused-ring (bicyclic) bond motifs is 2. The number of sulfonamides is 1. The van der Waals surface area contributed by atoms with Crippen molar-refractivity contribution in [3.8, 4) is 0 Å². The Morgan fingerprint density at radius 3 is 2.68 bits per heavy atom. The molecule has 0 aliphatic carbocycles. The van der Waals surface area contributed by atoms with Gasteiger partial charge < -0.3 is 29.1 Å². The molecule has 5 rings (SSSR count). The maximum Gasteiger partial charge on any atom is 0.407 e. The summed E-state index contributed by atoms with van der Waals surface area (Å²) < 4.78 is 51.3. The smallest absolute Gasteiger partial charge is 0.407 e. The van der Waals surface area contributed by atoms with Gasteiger partial charge in [0.15, 0.2) is 6.29 Å². The molecule has 1 aromatic heterocycles. The van der Waals surface area contributed by atoms with Crippen LogP contribution in [-0.2, 0) is 30.7 Å². The Hall–Kier alpha value is -2.96. The highest BCUT2D eigenvalue weighted by Crippen LogP contribution is 2.33. The minimum absolute atomic E-state index is 0.00851. The molecule has 2 saturated heterocycles. The largest absolute Gasteiger partial charge is 0.464 e. The maximum atomic E-state index is 13.9. The Morgan fingerprint density at radius 1 is 1.15 bits per heavy atom. The molecule has 0 bridgehead atoms. The number of aryl methyl sites for hydroxylation is 1. The van der Waals surface area contributed by atoms with Crippen molar-refractivity contribution >= 4 is 27.1 Å². The van der Waals surface area contributed by atoms with E-state index in [1.165, 1.54) is 10.4 Å². The highest BCUT2D eigenvalue weighted by atomic mass is 32.2. The normalized spacial score (nSPS) is 22.2. The first kappa shape index (κ1) is 29.5. The molecule has 1 amide bonds. The third kappa shape index (κ3) is 6.76. The van der Waals surface area contributed by atoms with Crippen molar-refractivity contribution in [1.82, 2.24) is 9.62 Å². The number of nitrogens with one attached hydrogen (secondary N) is 1. The van der Waals surface area contributed by atoms with Crippen LogP contribution in [0.3, 0.4) is 0 Å². The summed E-state index contributed by atoms with van der Waals surface area (Å²) >= 11 is 0. The number of furan rings is 1. The summed E-state index contributed by atoms with van der Waals surface area (Å²) in [5.74, 6) is -0.0352. The van der Waals surface area contributed by atoms with E-state index in [-0.39, 0.29) is 49.1 Å². The number of hydrogen-bond donors (Lipinski definition) is 2. The maximum absolute atomic E-state index is 13.9. The number of amides is 1. The molecule has 2 aliphatic heterocycles. The van der Waals surface area contributed by atoms with E-state index in [0.717, 1.165) is 17.5 Å². The molecule has 2 fully saturated rings. The monoisotopic (exact) mass is 586 g/mol. The fourth-order valence-corrected chi connectivity index (χ4v) is 7.13. The lowest BCUT2D eigenvalue weighted by molar-refractivity contribution is -0.0907. The number of alkyl carbamates (subject to hydrolysis) is 1. The van der Waals surface area contributed by atoms with E-state index in [0.29, 0.717) is 17.6 Å². The zero-order chi connectivity index (χ0) is 29.1. The van der Waals surface area contributed by atoms with Gasteiger partial charge in [0.2, 0.25) is 10.0 Å². The molecule has 1 unspecified atom stereocenters. The number of benzene rings is 2. The average molecular weight is 587 g/mol. The van der Waals surface area contributed by atoms with Crippen LogP contribution in [0.15, 0.2) is 64.1 Å². The second kappa shape index (κ2) is 12.5. The molecule has 3 aromatic rings. The second-order valence-electron chi connectivity index (χ2n) is 11.3. The summed E-state index contributed by atoms with van der Waals surface area (Å²) in [6, 6.07) is 13.4. The third-order valence-corrected chi connectivity index (χ3v) is 9.47. The van der Waals surface area contributed by atoms with Crippen molar-refractivity contribution in [2.24, 2.45) is 11.8 Å². The molecule has 0 spiro atoms. The Morgan fingerprint density at radius 2 is 1.93 bits per heavy atom. The van der Waals surface area contributed by atoms with Gasteiger partial charge in [0, 0.05) is 18.5 Å². The van der Waals surface area contributed by atoms with Crippen LogP contribution in [0.5, 0.6) is 0 Å². The van der Waals surface area contributed by atoms with Crippen molar-refractivity contribution in [2.75, 3.05) is 26.3 Å². The van der Waals surface area contributed by atoms with Gasteiger partial charge in [0.1, 0.15) is 11.7 Å². The standard InChI is InChI=1S/C30H38N2O8S/c1-19(2)15-32(41(35,36)22-9-10-27-24(14-22)20(3)17-38-27)16-26(33)25(13-21-7-5-4-6-8-21)31-30(34)40-28-18-39-29-23(28)11-12-37-29/h4-10,14,17,19,23,25-26,28-29,33H,11-13,15-16,18H2,1-3H3,(H,31,34)/t23-,25-,26+,28?,29+/m0/s1. The van der Waals surface area contributed by atoms with E-state index in [1.54, 1.807) is 18.4 Å². The van der Waals surface area contributed by atoms with Crippen LogP contribution in [0.1, 0.15) is 31.4 Å². The predicted octanol–water partition coefficient (Wildman–Crippen LogP) is 3.85. The summed E-state index contributed by atoms with van der Waals surface area (Å²) in [6.45, 7) is 6.46. The fraction of sp³-hybridized carbons (Fsp3) is 0.500. The van der Waals surface area contributed by atoms with E-state index in [2.05, 4.69) is 5.32 Å². The summed E-state index contributed by atoms with van der Waals surface area (Å²) in [5, 5.41) is 15.0. The molecule has 11 heteroatoms. The van der Waals surface area contributed by atoms with E-state index in [1.807, 2.05) is 51.1 Å². The number of nitrogens with zero attached hydrogens (tertiary/aromatic N) is 1. The molecule has 41 heavy (non-hydrogen) atoms. The van der Waals surface area contributed by atoms with Crippen LogP contribution in [0.4, 0.5) is 4.79 Å². The average Bonchev–Trinajstić information content (AvgIpc) is 3.66. The lowest BCUT2D eigenvalue weighted by Gasteiger charge is -2.31. The van der Waals surface area contributed by atoms with Crippen molar-refractivity contribution in [3.63, 3.8) is 0 Å². The van der Waals surface area contributed by atoms with E-state index in [4.69, 9.17) is 18.6 Å². The summed E-state index contributed by atoms with van der Waals surface area (Å²) in [5.41, 5.74) is 2.32. The van der Waals surface area contributed by atoms with Crippen molar-refractivity contribution in [2.45, 2.75) is 63.0 Å². The molecule has 2 aliphatic rings. The third-order valence-electron chi connectivity index (χ3n) is 7.65.